The Morgan fingerprint density at radius 1 is 0.932 bits per heavy atom. The Bertz CT molecular complexity index is 1510. The maximum Gasteiger partial charge on any atom is 0.264 e. The first-order chi connectivity index (χ1) is 21.2. The lowest BCUT2D eigenvalue weighted by molar-refractivity contribution is -0.139. The van der Waals surface area contributed by atoms with Gasteiger partial charge in [0.2, 0.25) is 11.8 Å². The van der Waals surface area contributed by atoms with Crippen molar-refractivity contribution in [2.75, 3.05) is 31.7 Å². The predicted molar refractivity (Wildman–Crippen MR) is 169 cm³/mol. The third kappa shape index (κ3) is 7.82. The molecular weight excluding hydrogens is 582 g/mol. The van der Waals surface area contributed by atoms with Crippen LogP contribution in [0, 0.1) is 0 Å². The number of methoxy groups -OCH3 is 2. The van der Waals surface area contributed by atoms with Crippen LogP contribution in [0.25, 0.3) is 0 Å². The number of hydrogen-bond donors (Lipinski definition) is 1. The van der Waals surface area contributed by atoms with E-state index >= 15 is 0 Å². The van der Waals surface area contributed by atoms with Crippen molar-refractivity contribution in [1.29, 1.82) is 0 Å². The topological polar surface area (TPSA) is 114 Å². The monoisotopic (exact) mass is 623 g/mol. The van der Waals surface area contributed by atoms with E-state index in [1.54, 1.807) is 31.2 Å². The molecule has 236 valence electrons. The van der Waals surface area contributed by atoms with Crippen molar-refractivity contribution in [3.05, 3.63) is 78.4 Å². The van der Waals surface area contributed by atoms with E-state index in [0.717, 1.165) is 35.6 Å². The van der Waals surface area contributed by atoms with Gasteiger partial charge in [-0.15, -0.1) is 0 Å². The SMILES string of the molecule is CCOc1ccc(N(CC(=O)N(Cc2ccccc2)[C@@H](C)C(=O)NC2CCCC2)S(=O)(=O)c2ccc(OC)c(OC)c2)cc1. The lowest BCUT2D eigenvalue weighted by Gasteiger charge is -2.32. The summed E-state index contributed by atoms with van der Waals surface area (Å²) in [5.74, 6) is 0.368. The van der Waals surface area contributed by atoms with Crippen molar-refractivity contribution in [3.8, 4) is 17.2 Å². The van der Waals surface area contributed by atoms with Crippen LogP contribution in [0.4, 0.5) is 5.69 Å². The van der Waals surface area contributed by atoms with Gasteiger partial charge in [0.25, 0.3) is 10.0 Å². The zero-order valence-corrected chi connectivity index (χ0v) is 26.5. The van der Waals surface area contributed by atoms with E-state index in [1.807, 2.05) is 37.3 Å². The van der Waals surface area contributed by atoms with E-state index in [-0.39, 0.29) is 34.8 Å². The van der Waals surface area contributed by atoms with Gasteiger partial charge in [-0.25, -0.2) is 8.42 Å². The summed E-state index contributed by atoms with van der Waals surface area (Å²) in [4.78, 5) is 28.9. The smallest absolute Gasteiger partial charge is 0.264 e. The van der Waals surface area contributed by atoms with Crippen LogP contribution in [0.3, 0.4) is 0 Å². The molecule has 0 unspecified atom stereocenters. The Hall–Kier alpha value is -4.25. The molecule has 1 saturated carbocycles. The number of sulfonamides is 1. The minimum Gasteiger partial charge on any atom is -0.494 e. The maximum atomic E-state index is 14.2. The van der Waals surface area contributed by atoms with Gasteiger partial charge in [0.15, 0.2) is 11.5 Å². The Kier molecular flexibility index (Phi) is 11.1. The minimum atomic E-state index is -4.29. The number of benzene rings is 3. The molecule has 11 heteroatoms. The third-order valence-corrected chi connectivity index (χ3v) is 9.49. The molecule has 0 spiro atoms. The van der Waals surface area contributed by atoms with E-state index in [2.05, 4.69) is 5.32 Å². The fourth-order valence-electron chi connectivity index (χ4n) is 5.26. The van der Waals surface area contributed by atoms with Crippen LogP contribution in [-0.2, 0) is 26.2 Å². The highest BCUT2D eigenvalue weighted by molar-refractivity contribution is 7.92. The van der Waals surface area contributed by atoms with Gasteiger partial charge in [0.05, 0.1) is 31.4 Å². The standard InChI is InChI=1S/C33H41N3O7S/c1-5-43-28-17-15-27(16-18-28)36(44(39,40)29-19-20-30(41-3)31(21-29)42-4)23-32(37)35(22-25-11-7-6-8-12-25)24(2)33(38)34-26-13-9-10-14-26/h6-8,11-12,15-21,24,26H,5,9-10,13-14,22-23H2,1-4H3,(H,34,38)/t24-/m0/s1. The van der Waals surface area contributed by atoms with Gasteiger partial charge < -0.3 is 24.4 Å². The van der Waals surface area contributed by atoms with Gasteiger partial charge >= 0.3 is 0 Å². The fourth-order valence-corrected chi connectivity index (χ4v) is 6.69. The largest absolute Gasteiger partial charge is 0.494 e. The van der Waals surface area contributed by atoms with E-state index in [4.69, 9.17) is 14.2 Å². The van der Waals surface area contributed by atoms with Crippen molar-refractivity contribution in [2.45, 2.75) is 63.1 Å². The average molecular weight is 624 g/mol. The number of carbonyl (C=O) groups excluding carboxylic acids is 2. The quantitative estimate of drug-likeness (QED) is 0.275. The fraction of sp³-hybridized carbons (Fsp3) is 0.394. The molecule has 1 aliphatic carbocycles. The molecule has 1 atom stereocenters. The third-order valence-electron chi connectivity index (χ3n) is 7.72. The molecule has 4 rings (SSSR count). The molecule has 44 heavy (non-hydrogen) atoms. The van der Waals surface area contributed by atoms with Crippen LogP contribution in [-0.4, -0.2) is 64.6 Å². The summed E-state index contributed by atoms with van der Waals surface area (Å²) in [6.45, 7) is 3.56. The van der Waals surface area contributed by atoms with E-state index in [9.17, 15) is 18.0 Å². The van der Waals surface area contributed by atoms with Gasteiger partial charge in [-0.05, 0) is 68.7 Å². The van der Waals surface area contributed by atoms with Gasteiger partial charge in [0, 0.05) is 18.7 Å². The summed E-state index contributed by atoms with van der Waals surface area (Å²) < 4.78 is 45.7. The van der Waals surface area contributed by atoms with Gasteiger partial charge in [-0.1, -0.05) is 43.2 Å². The van der Waals surface area contributed by atoms with Crippen molar-refractivity contribution < 1.29 is 32.2 Å². The van der Waals surface area contributed by atoms with Crippen molar-refractivity contribution in [3.63, 3.8) is 0 Å². The highest BCUT2D eigenvalue weighted by Gasteiger charge is 2.34. The molecule has 1 aliphatic rings. The summed E-state index contributed by atoms with van der Waals surface area (Å²) in [5.41, 5.74) is 1.08. The normalized spacial score (nSPS) is 14.0. The molecule has 10 nitrogen and oxygen atoms in total. The second kappa shape index (κ2) is 15.0. The van der Waals surface area contributed by atoms with Gasteiger partial charge in [-0.3, -0.25) is 13.9 Å². The second-order valence-corrected chi connectivity index (χ2v) is 12.5. The Labute approximate surface area is 260 Å². The number of nitrogens with one attached hydrogen (secondary N) is 1. The highest BCUT2D eigenvalue weighted by Crippen LogP contribution is 2.33. The molecule has 3 aromatic rings. The Morgan fingerprint density at radius 3 is 2.20 bits per heavy atom. The van der Waals surface area contributed by atoms with Crippen LogP contribution >= 0.6 is 0 Å². The molecule has 0 aliphatic heterocycles. The van der Waals surface area contributed by atoms with Crippen molar-refractivity contribution in [2.24, 2.45) is 0 Å². The molecular formula is C33H41N3O7S. The number of ether oxygens (including phenoxy) is 3. The predicted octanol–water partition coefficient (Wildman–Crippen LogP) is 4.77. The van der Waals surface area contributed by atoms with Crippen LogP contribution in [0.5, 0.6) is 17.2 Å². The molecule has 2 amide bonds. The van der Waals surface area contributed by atoms with Crippen LogP contribution < -0.4 is 23.8 Å². The summed E-state index contributed by atoms with van der Waals surface area (Å²) in [7, 11) is -1.42. The van der Waals surface area contributed by atoms with Gasteiger partial charge in [-0.2, -0.15) is 0 Å². The van der Waals surface area contributed by atoms with E-state index in [1.165, 1.54) is 37.3 Å². The van der Waals surface area contributed by atoms with Crippen LogP contribution in [0.15, 0.2) is 77.7 Å². The summed E-state index contributed by atoms with van der Waals surface area (Å²) in [6.07, 6.45) is 3.91. The molecule has 3 aromatic carbocycles. The lowest BCUT2D eigenvalue weighted by Crippen LogP contribution is -2.52. The van der Waals surface area contributed by atoms with Gasteiger partial charge in [0.1, 0.15) is 18.3 Å². The average Bonchev–Trinajstić information content (AvgIpc) is 3.55. The first kappa shape index (κ1) is 32.7. The second-order valence-electron chi connectivity index (χ2n) is 10.6. The molecule has 0 saturated heterocycles. The van der Waals surface area contributed by atoms with Crippen molar-refractivity contribution in [1.82, 2.24) is 10.2 Å². The Balaban J connectivity index is 1.71. The number of anilines is 1. The number of amides is 2. The first-order valence-corrected chi connectivity index (χ1v) is 16.2. The zero-order valence-electron chi connectivity index (χ0n) is 25.7. The number of nitrogens with zero attached hydrogens (tertiary/aromatic N) is 2. The minimum absolute atomic E-state index is 0.0735. The Morgan fingerprint density at radius 2 is 1.59 bits per heavy atom. The van der Waals surface area contributed by atoms with Crippen molar-refractivity contribution >= 4 is 27.5 Å². The molecule has 1 N–H and O–H groups in total. The highest BCUT2D eigenvalue weighted by atomic mass is 32.2. The van der Waals surface area contributed by atoms with E-state index in [0.29, 0.717) is 18.1 Å². The summed E-state index contributed by atoms with van der Waals surface area (Å²) in [6, 6.07) is 19.3. The molecule has 0 heterocycles. The first-order valence-electron chi connectivity index (χ1n) is 14.8. The molecule has 0 radical (unpaired) electrons. The van der Waals surface area contributed by atoms with Crippen LogP contribution in [0.1, 0.15) is 45.1 Å². The molecule has 0 bridgehead atoms. The number of rotatable bonds is 14. The maximum absolute atomic E-state index is 14.2. The number of carbonyl (C=O) groups is 2. The zero-order chi connectivity index (χ0) is 31.7. The lowest BCUT2D eigenvalue weighted by atomic mass is 10.1. The molecule has 0 aromatic heterocycles. The summed E-state index contributed by atoms with van der Waals surface area (Å²) in [5, 5.41) is 3.08. The van der Waals surface area contributed by atoms with Crippen LogP contribution in [0.2, 0.25) is 0 Å². The molecule has 1 fully saturated rings. The summed E-state index contributed by atoms with van der Waals surface area (Å²) >= 11 is 0. The van der Waals surface area contributed by atoms with E-state index < -0.39 is 28.5 Å². The number of hydrogen-bond acceptors (Lipinski definition) is 7.